The predicted molar refractivity (Wildman–Crippen MR) is 145 cm³/mol. The summed E-state index contributed by atoms with van der Waals surface area (Å²) in [5.41, 5.74) is 7.64. The largest absolute Gasteiger partial charge is 0.457 e. The van der Waals surface area contributed by atoms with E-state index in [1.165, 1.54) is 11.1 Å². The van der Waals surface area contributed by atoms with Gasteiger partial charge in [-0.05, 0) is 97.8 Å². The molecule has 0 atom stereocenters. The molecule has 0 radical (unpaired) electrons. The second-order valence-corrected chi connectivity index (χ2v) is 9.34. The number of para-hydroxylation sites is 1. The Kier molecular flexibility index (Phi) is 6.00. The fourth-order valence-electron chi connectivity index (χ4n) is 4.78. The van der Waals surface area contributed by atoms with Gasteiger partial charge in [0.25, 0.3) is 5.56 Å². The maximum atomic E-state index is 13.9. The summed E-state index contributed by atoms with van der Waals surface area (Å²) >= 11 is 0. The zero-order chi connectivity index (χ0) is 24.5. The lowest BCUT2D eigenvalue weighted by molar-refractivity contribution is 0.483. The predicted octanol–water partition coefficient (Wildman–Crippen LogP) is 7.74. The normalized spacial score (nSPS) is 11.1. The highest BCUT2D eigenvalue weighted by Crippen LogP contribution is 2.29. The highest BCUT2D eigenvalue weighted by molar-refractivity contribution is 5.88. The number of hydrogen-bond acceptors (Lipinski definition) is 2. The smallest absolute Gasteiger partial charge is 0.259 e. The summed E-state index contributed by atoms with van der Waals surface area (Å²) in [7, 11) is 0. The molecule has 4 aromatic carbocycles. The quantitative estimate of drug-likeness (QED) is 0.269. The monoisotopic (exact) mass is 459 g/mol. The fourth-order valence-corrected chi connectivity index (χ4v) is 4.78. The Morgan fingerprint density at radius 3 is 2.09 bits per heavy atom. The Morgan fingerprint density at radius 1 is 0.686 bits per heavy atom. The van der Waals surface area contributed by atoms with Crippen LogP contribution in [0.2, 0.25) is 0 Å². The summed E-state index contributed by atoms with van der Waals surface area (Å²) in [6.45, 7) is 8.82. The van der Waals surface area contributed by atoms with Gasteiger partial charge in [-0.3, -0.25) is 4.79 Å². The molecule has 0 saturated carbocycles. The Labute approximate surface area is 206 Å². The van der Waals surface area contributed by atoms with Gasteiger partial charge in [-0.15, -0.1) is 0 Å². The standard InChI is InChI=1S/C32H29NO2/c1-21-10-11-26(23(3)16-21)20-33-30(19-27-18-22(2)17-24(4)31(27)32(33)34)25-12-14-29(15-13-25)35-28-8-6-5-7-9-28/h5-19H,20H2,1-4H3. The van der Waals surface area contributed by atoms with E-state index < -0.39 is 0 Å². The molecule has 0 fully saturated rings. The number of rotatable bonds is 5. The van der Waals surface area contributed by atoms with E-state index >= 15 is 0 Å². The van der Waals surface area contributed by atoms with E-state index in [1.807, 2.05) is 66.1 Å². The number of aryl methyl sites for hydroxylation is 4. The molecule has 174 valence electrons. The lowest BCUT2D eigenvalue weighted by Crippen LogP contribution is -2.23. The van der Waals surface area contributed by atoms with Crippen molar-refractivity contribution in [3.8, 4) is 22.8 Å². The minimum atomic E-state index is 0.0413. The van der Waals surface area contributed by atoms with Crippen LogP contribution in [0.25, 0.3) is 22.0 Å². The first kappa shape index (κ1) is 22.7. The van der Waals surface area contributed by atoms with Crippen molar-refractivity contribution < 1.29 is 4.74 Å². The molecule has 0 unspecified atom stereocenters. The van der Waals surface area contributed by atoms with Crippen molar-refractivity contribution in [1.29, 1.82) is 0 Å². The number of nitrogens with zero attached hydrogens (tertiary/aromatic N) is 1. The summed E-state index contributed by atoms with van der Waals surface area (Å²) in [6, 6.07) is 30.5. The van der Waals surface area contributed by atoms with Crippen LogP contribution in [-0.4, -0.2) is 4.57 Å². The third kappa shape index (κ3) is 4.63. The number of ether oxygens (including phenoxy) is 1. The van der Waals surface area contributed by atoms with Crippen molar-refractivity contribution >= 4 is 10.8 Å². The molecule has 5 rings (SSSR count). The molecule has 0 aliphatic rings. The average Bonchev–Trinajstić information content (AvgIpc) is 2.83. The summed E-state index contributed by atoms with van der Waals surface area (Å²) in [5.74, 6) is 1.55. The van der Waals surface area contributed by atoms with Crippen molar-refractivity contribution in [3.63, 3.8) is 0 Å². The zero-order valence-electron chi connectivity index (χ0n) is 20.6. The van der Waals surface area contributed by atoms with Gasteiger partial charge in [0.05, 0.1) is 17.6 Å². The van der Waals surface area contributed by atoms with Crippen LogP contribution in [0.4, 0.5) is 0 Å². The van der Waals surface area contributed by atoms with Crippen LogP contribution >= 0.6 is 0 Å². The van der Waals surface area contributed by atoms with Crippen molar-refractivity contribution in [1.82, 2.24) is 4.57 Å². The summed E-state index contributed by atoms with van der Waals surface area (Å²) < 4.78 is 7.89. The van der Waals surface area contributed by atoms with E-state index in [9.17, 15) is 4.79 Å². The Bertz CT molecular complexity index is 1580. The van der Waals surface area contributed by atoms with Gasteiger partial charge >= 0.3 is 0 Å². The van der Waals surface area contributed by atoms with Gasteiger partial charge in [0.15, 0.2) is 0 Å². The van der Waals surface area contributed by atoms with Crippen LogP contribution in [0.15, 0.2) is 95.8 Å². The maximum Gasteiger partial charge on any atom is 0.259 e. The number of hydrogen-bond donors (Lipinski definition) is 0. The van der Waals surface area contributed by atoms with Gasteiger partial charge in [-0.25, -0.2) is 0 Å². The van der Waals surface area contributed by atoms with Gasteiger partial charge < -0.3 is 9.30 Å². The molecule has 5 aromatic rings. The molecular weight excluding hydrogens is 430 g/mol. The number of aromatic nitrogens is 1. The van der Waals surface area contributed by atoms with E-state index in [4.69, 9.17) is 4.74 Å². The van der Waals surface area contributed by atoms with Gasteiger partial charge in [0, 0.05) is 0 Å². The van der Waals surface area contributed by atoms with Gasteiger partial charge in [-0.1, -0.05) is 59.7 Å². The van der Waals surface area contributed by atoms with Gasteiger partial charge in [0.1, 0.15) is 11.5 Å². The van der Waals surface area contributed by atoms with E-state index in [1.54, 1.807) is 0 Å². The second kappa shape index (κ2) is 9.27. The van der Waals surface area contributed by atoms with Crippen LogP contribution in [0, 0.1) is 27.7 Å². The molecule has 0 saturated heterocycles. The molecule has 0 spiro atoms. The van der Waals surface area contributed by atoms with E-state index in [0.29, 0.717) is 6.54 Å². The van der Waals surface area contributed by atoms with Crippen molar-refractivity contribution in [2.24, 2.45) is 0 Å². The molecule has 1 aromatic heterocycles. The zero-order valence-corrected chi connectivity index (χ0v) is 20.6. The SMILES string of the molecule is Cc1ccc(Cn2c(-c3ccc(Oc4ccccc4)cc3)cc3cc(C)cc(C)c3c2=O)c(C)c1. The molecule has 0 bridgehead atoms. The fraction of sp³-hybridized carbons (Fsp3) is 0.156. The first-order valence-corrected chi connectivity index (χ1v) is 11.9. The molecule has 3 heteroatoms. The second-order valence-electron chi connectivity index (χ2n) is 9.34. The molecule has 35 heavy (non-hydrogen) atoms. The molecule has 1 heterocycles. The van der Waals surface area contributed by atoms with Crippen LogP contribution in [0.5, 0.6) is 11.5 Å². The van der Waals surface area contributed by atoms with E-state index in [-0.39, 0.29) is 5.56 Å². The number of pyridine rings is 1. The lowest BCUT2D eigenvalue weighted by Gasteiger charge is -2.18. The van der Waals surface area contributed by atoms with Crippen molar-refractivity contribution in [3.05, 3.63) is 129 Å². The number of benzene rings is 4. The van der Waals surface area contributed by atoms with Crippen LogP contribution in [-0.2, 0) is 6.54 Å². The summed E-state index contributed by atoms with van der Waals surface area (Å²) in [5, 5.41) is 1.76. The van der Waals surface area contributed by atoms with Crippen LogP contribution in [0.3, 0.4) is 0 Å². The van der Waals surface area contributed by atoms with Crippen molar-refractivity contribution in [2.45, 2.75) is 34.2 Å². The Balaban J connectivity index is 1.64. The summed E-state index contributed by atoms with van der Waals surface area (Å²) in [4.78, 5) is 13.9. The highest BCUT2D eigenvalue weighted by atomic mass is 16.5. The number of fused-ring (bicyclic) bond motifs is 1. The molecular formula is C32H29NO2. The third-order valence-corrected chi connectivity index (χ3v) is 6.51. The lowest BCUT2D eigenvalue weighted by atomic mass is 10.00. The maximum absolute atomic E-state index is 13.9. The van der Waals surface area contributed by atoms with Gasteiger partial charge in [0.2, 0.25) is 0 Å². The average molecular weight is 460 g/mol. The molecule has 3 nitrogen and oxygen atoms in total. The van der Waals surface area contributed by atoms with E-state index in [2.05, 4.69) is 57.2 Å². The van der Waals surface area contributed by atoms with E-state index in [0.717, 1.165) is 50.2 Å². The minimum absolute atomic E-state index is 0.0413. The van der Waals surface area contributed by atoms with Crippen LogP contribution < -0.4 is 10.3 Å². The molecule has 0 aliphatic carbocycles. The summed E-state index contributed by atoms with van der Waals surface area (Å²) in [6.07, 6.45) is 0. The van der Waals surface area contributed by atoms with Crippen molar-refractivity contribution in [2.75, 3.05) is 0 Å². The molecule has 0 aliphatic heterocycles. The van der Waals surface area contributed by atoms with Crippen LogP contribution in [0.1, 0.15) is 27.8 Å². The Hall–Kier alpha value is -4.11. The third-order valence-electron chi connectivity index (χ3n) is 6.51. The molecule has 0 N–H and O–H groups in total. The Morgan fingerprint density at radius 2 is 1.37 bits per heavy atom. The minimum Gasteiger partial charge on any atom is -0.457 e. The highest BCUT2D eigenvalue weighted by Gasteiger charge is 2.15. The first-order valence-electron chi connectivity index (χ1n) is 11.9. The topological polar surface area (TPSA) is 31.2 Å². The first-order chi connectivity index (χ1) is 16.9. The molecule has 0 amide bonds. The van der Waals surface area contributed by atoms with Gasteiger partial charge in [-0.2, -0.15) is 0 Å².